The van der Waals surface area contributed by atoms with Crippen molar-refractivity contribution in [1.29, 1.82) is 0 Å². The van der Waals surface area contributed by atoms with E-state index in [0.29, 0.717) is 5.41 Å². The third-order valence-corrected chi connectivity index (χ3v) is 6.27. The lowest BCUT2D eigenvalue weighted by atomic mass is 9.88. The van der Waals surface area contributed by atoms with Crippen molar-refractivity contribution in [3.8, 4) is 0 Å². The predicted molar refractivity (Wildman–Crippen MR) is 77.7 cm³/mol. The molecule has 0 aromatic carbocycles. The molecule has 0 fully saturated rings. The van der Waals surface area contributed by atoms with Crippen LogP contribution in [-0.2, 0) is 0 Å². The maximum atomic E-state index is 2.44. The molecular formula is C15H27P. The summed E-state index contributed by atoms with van der Waals surface area (Å²) in [5.41, 5.74) is 2.96. The Labute approximate surface area is 103 Å². The third kappa shape index (κ3) is 4.06. The molecular weight excluding hydrogens is 211 g/mol. The minimum atomic E-state index is 0.201. The summed E-state index contributed by atoms with van der Waals surface area (Å²) in [7, 11) is 0.201. The molecule has 16 heavy (non-hydrogen) atoms. The van der Waals surface area contributed by atoms with Gasteiger partial charge in [-0.25, -0.2) is 0 Å². The molecule has 1 unspecified atom stereocenters. The average molecular weight is 238 g/mol. The van der Waals surface area contributed by atoms with Crippen LogP contribution in [-0.4, -0.2) is 18.0 Å². The van der Waals surface area contributed by atoms with Gasteiger partial charge in [-0.3, -0.25) is 0 Å². The molecule has 1 aliphatic carbocycles. The Bertz CT molecular complexity index is 264. The van der Waals surface area contributed by atoms with Crippen LogP contribution in [0, 0.1) is 5.41 Å². The Morgan fingerprint density at radius 3 is 2.31 bits per heavy atom. The minimum Gasteiger partial charge on any atom is -0.0959 e. The van der Waals surface area contributed by atoms with E-state index < -0.39 is 0 Å². The van der Waals surface area contributed by atoms with E-state index in [-0.39, 0.29) is 7.92 Å². The fraction of sp³-hybridized carbons (Fsp3) is 0.733. The molecule has 1 atom stereocenters. The number of allylic oxidation sites excluding steroid dienone is 4. The average Bonchev–Trinajstić information content (AvgIpc) is 2.64. The quantitative estimate of drug-likeness (QED) is 0.577. The van der Waals surface area contributed by atoms with Gasteiger partial charge in [0.15, 0.2) is 0 Å². The van der Waals surface area contributed by atoms with Gasteiger partial charge in [0.05, 0.1) is 0 Å². The van der Waals surface area contributed by atoms with Gasteiger partial charge in [0.2, 0.25) is 0 Å². The van der Waals surface area contributed by atoms with Gasteiger partial charge in [-0.15, -0.1) is 0 Å². The van der Waals surface area contributed by atoms with Crippen molar-refractivity contribution in [3.63, 3.8) is 0 Å². The van der Waals surface area contributed by atoms with E-state index in [1.54, 1.807) is 5.57 Å². The van der Waals surface area contributed by atoms with Gasteiger partial charge in [0.25, 0.3) is 0 Å². The van der Waals surface area contributed by atoms with Crippen LogP contribution in [0.3, 0.4) is 0 Å². The molecule has 1 aliphatic rings. The maximum absolute atomic E-state index is 2.44. The van der Waals surface area contributed by atoms with E-state index in [2.05, 4.69) is 52.8 Å². The van der Waals surface area contributed by atoms with Gasteiger partial charge in [-0.1, -0.05) is 66.3 Å². The maximum Gasteiger partial charge on any atom is 0.0185 e. The van der Waals surface area contributed by atoms with Crippen LogP contribution in [0.4, 0.5) is 0 Å². The van der Waals surface area contributed by atoms with Crippen LogP contribution >= 0.6 is 7.92 Å². The number of hydrogen-bond donors (Lipinski definition) is 0. The van der Waals surface area contributed by atoms with Crippen molar-refractivity contribution in [2.45, 2.75) is 53.1 Å². The molecule has 0 bridgehead atoms. The minimum absolute atomic E-state index is 0.201. The van der Waals surface area contributed by atoms with Crippen molar-refractivity contribution < 1.29 is 0 Å². The molecule has 0 aromatic rings. The van der Waals surface area contributed by atoms with E-state index in [1.807, 2.05) is 0 Å². The standard InChI is InChI=1S/C15H27P/c1-6-16(7-2)14-10-8-9-13(14)11-12-15(3,4)5/h8-10,14H,6-7,11-12H2,1-5H3. The monoisotopic (exact) mass is 238 g/mol. The molecule has 1 heteroatoms. The molecule has 0 aliphatic heterocycles. The van der Waals surface area contributed by atoms with Gasteiger partial charge in [-0.2, -0.15) is 0 Å². The second kappa shape index (κ2) is 6.01. The van der Waals surface area contributed by atoms with Gasteiger partial charge in [0, 0.05) is 5.66 Å². The summed E-state index contributed by atoms with van der Waals surface area (Å²) < 4.78 is 0. The molecule has 0 N–H and O–H groups in total. The summed E-state index contributed by atoms with van der Waals surface area (Å²) in [6.07, 6.45) is 12.4. The van der Waals surface area contributed by atoms with Gasteiger partial charge >= 0.3 is 0 Å². The SMILES string of the molecule is CCP(CC)C1C=CC=C1CCC(C)(C)C. The topological polar surface area (TPSA) is 0 Å². The Kier molecular flexibility index (Phi) is 5.25. The molecule has 0 nitrogen and oxygen atoms in total. The molecule has 92 valence electrons. The first-order chi connectivity index (χ1) is 7.48. The first-order valence-corrected chi connectivity index (χ1v) is 8.37. The third-order valence-electron chi connectivity index (χ3n) is 3.35. The lowest BCUT2D eigenvalue weighted by Gasteiger charge is -2.26. The lowest BCUT2D eigenvalue weighted by molar-refractivity contribution is 0.377. The van der Waals surface area contributed by atoms with Crippen molar-refractivity contribution in [2.75, 3.05) is 12.3 Å². The van der Waals surface area contributed by atoms with E-state index in [4.69, 9.17) is 0 Å². The second-order valence-electron chi connectivity index (χ2n) is 5.85. The highest BCUT2D eigenvalue weighted by molar-refractivity contribution is 7.58. The van der Waals surface area contributed by atoms with E-state index in [0.717, 1.165) is 5.66 Å². The second-order valence-corrected chi connectivity index (χ2v) is 8.85. The number of rotatable bonds is 5. The highest BCUT2D eigenvalue weighted by Crippen LogP contribution is 2.47. The van der Waals surface area contributed by atoms with Crippen LogP contribution in [0.5, 0.6) is 0 Å². The van der Waals surface area contributed by atoms with Crippen LogP contribution in [0.2, 0.25) is 0 Å². The summed E-state index contributed by atoms with van der Waals surface area (Å²) in [5, 5.41) is 0. The Morgan fingerprint density at radius 2 is 1.81 bits per heavy atom. The van der Waals surface area contributed by atoms with E-state index in [9.17, 15) is 0 Å². The summed E-state index contributed by atoms with van der Waals surface area (Å²) in [5.74, 6) is 0. The van der Waals surface area contributed by atoms with E-state index >= 15 is 0 Å². The van der Waals surface area contributed by atoms with Crippen molar-refractivity contribution >= 4 is 7.92 Å². The highest BCUT2D eigenvalue weighted by atomic mass is 31.1. The summed E-state index contributed by atoms with van der Waals surface area (Å²) >= 11 is 0. The van der Waals surface area contributed by atoms with Crippen molar-refractivity contribution in [1.82, 2.24) is 0 Å². The summed E-state index contributed by atoms with van der Waals surface area (Å²) in [4.78, 5) is 0. The van der Waals surface area contributed by atoms with Gasteiger partial charge < -0.3 is 0 Å². The Hall–Kier alpha value is -0.0900. The summed E-state index contributed by atoms with van der Waals surface area (Å²) in [6.45, 7) is 11.7. The first-order valence-electron chi connectivity index (χ1n) is 6.59. The fourth-order valence-corrected chi connectivity index (χ4v) is 4.49. The van der Waals surface area contributed by atoms with Crippen LogP contribution in [0.1, 0.15) is 47.5 Å². The smallest absolute Gasteiger partial charge is 0.0185 e. The summed E-state index contributed by atoms with van der Waals surface area (Å²) in [6, 6.07) is 0. The normalized spacial score (nSPS) is 20.6. The first kappa shape index (κ1) is 14.0. The molecule has 0 heterocycles. The zero-order valence-corrected chi connectivity index (χ0v) is 12.5. The Morgan fingerprint density at radius 1 is 1.19 bits per heavy atom. The van der Waals surface area contributed by atoms with Crippen LogP contribution < -0.4 is 0 Å². The van der Waals surface area contributed by atoms with Crippen LogP contribution in [0.25, 0.3) is 0 Å². The van der Waals surface area contributed by atoms with E-state index in [1.165, 1.54) is 25.2 Å². The van der Waals surface area contributed by atoms with Crippen molar-refractivity contribution in [3.05, 3.63) is 23.8 Å². The molecule has 0 amide bonds. The Balaban J connectivity index is 2.54. The van der Waals surface area contributed by atoms with Gasteiger partial charge in [0.1, 0.15) is 0 Å². The molecule has 0 aromatic heterocycles. The zero-order chi connectivity index (χ0) is 12.2. The molecule has 0 saturated carbocycles. The molecule has 0 saturated heterocycles. The zero-order valence-electron chi connectivity index (χ0n) is 11.6. The largest absolute Gasteiger partial charge is 0.0959 e. The number of hydrogen-bond acceptors (Lipinski definition) is 0. The van der Waals surface area contributed by atoms with Crippen LogP contribution in [0.15, 0.2) is 23.8 Å². The molecule has 1 rings (SSSR count). The molecule has 0 radical (unpaired) electrons. The highest BCUT2D eigenvalue weighted by Gasteiger charge is 2.23. The van der Waals surface area contributed by atoms with Gasteiger partial charge in [-0.05, 0) is 30.6 Å². The fourth-order valence-electron chi connectivity index (χ4n) is 2.23. The predicted octanol–water partition coefficient (Wildman–Crippen LogP) is 5.20. The molecule has 0 spiro atoms. The van der Waals surface area contributed by atoms with Crippen molar-refractivity contribution in [2.24, 2.45) is 5.41 Å². The lowest BCUT2D eigenvalue weighted by Crippen LogP contribution is -2.10.